The Labute approximate surface area is 180 Å². The van der Waals surface area contributed by atoms with E-state index in [1.165, 1.54) is 0 Å². The number of para-hydroxylation sites is 1. The maximum Gasteiger partial charge on any atom is 0.243 e. The molecule has 0 spiro atoms. The molecular weight excluding hydrogens is 382 g/mol. The van der Waals surface area contributed by atoms with Gasteiger partial charge in [0, 0.05) is 66.6 Å². The molecule has 0 radical (unpaired) electrons. The van der Waals surface area contributed by atoms with Crippen molar-refractivity contribution in [2.75, 3.05) is 79.7 Å². The number of guanidine groups is 1. The molecule has 30 heavy (non-hydrogen) atoms. The van der Waals surface area contributed by atoms with Gasteiger partial charge >= 0.3 is 0 Å². The van der Waals surface area contributed by atoms with Crippen LogP contribution in [0.4, 0.5) is 0 Å². The predicted octanol–water partition coefficient (Wildman–Crippen LogP) is 1.14. The lowest BCUT2D eigenvalue weighted by atomic mass is 10.3. The van der Waals surface area contributed by atoms with Crippen LogP contribution >= 0.6 is 0 Å². The summed E-state index contributed by atoms with van der Waals surface area (Å²) in [5.74, 6) is 1.72. The molecule has 0 saturated carbocycles. The Hall–Kier alpha value is -2.32. The second-order valence-electron chi connectivity index (χ2n) is 7.40. The highest BCUT2D eigenvalue weighted by Crippen LogP contribution is 2.09. The summed E-state index contributed by atoms with van der Waals surface area (Å²) in [6.45, 7) is 9.60. The quantitative estimate of drug-likeness (QED) is 0.330. The van der Waals surface area contributed by atoms with E-state index in [1.807, 2.05) is 37.3 Å². The third kappa shape index (κ3) is 9.00. The minimum absolute atomic E-state index is 0.000290. The number of carbonyl (C=O) groups excluding carboxylic acids is 1. The van der Waals surface area contributed by atoms with E-state index in [1.54, 1.807) is 19.0 Å². The van der Waals surface area contributed by atoms with Crippen molar-refractivity contribution >= 4 is 11.9 Å². The standard InChI is InChI=1S/C22H37N5O3/c1-4-29-17-8-11-23-22(24-19-21(28)25(2)3)27-14-12-26(13-15-27)16-18-30-20-9-6-5-7-10-20/h5-7,9-10H,4,8,11-19H2,1-3H3,(H,23,24). The number of nitrogens with one attached hydrogen (secondary N) is 1. The van der Waals surface area contributed by atoms with Crippen molar-refractivity contribution in [2.24, 2.45) is 4.99 Å². The van der Waals surface area contributed by atoms with Crippen LogP contribution in [0.15, 0.2) is 35.3 Å². The van der Waals surface area contributed by atoms with Gasteiger partial charge in [0.1, 0.15) is 18.9 Å². The summed E-state index contributed by atoms with van der Waals surface area (Å²) in [6, 6.07) is 9.91. The van der Waals surface area contributed by atoms with Gasteiger partial charge in [0.15, 0.2) is 5.96 Å². The molecule has 1 aliphatic heterocycles. The highest BCUT2D eigenvalue weighted by atomic mass is 16.5. The third-order valence-corrected chi connectivity index (χ3v) is 4.91. The Balaban J connectivity index is 1.78. The van der Waals surface area contributed by atoms with E-state index < -0.39 is 0 Å². The molecule has 1 aliphatic rings. The monoisotopic (exact) mass is 419 g/mol. The van der Waals surface area contributed by atoms with E-state index in [0.717, 1.165) is 70.6 Å². The Morgan fingerprint density at radius 3 is 2.53 bits per heavy atom. The first-order valence-electron chi connectivity index (χ1n) is 10.8. The lowest BCUT2D eigenvalue weighted by Gasteiger charge is -2.36. The summed E-state index contributed by atoms with van der Waals surface area (Å²) >= 11 is 0. The predicted molar refractivity (Wildman–Crippen MR) is 120 cm³/mol. The first-order chi connectivity index (χ1) is 14.6. The highest BCUT2D eigenvalue weighted by molar-refractivity contribution is 5.84. The molecule has 2 rings (SSSR count). The molecule has 0 aliphatic carbocycles. The number of likely N-dealkylation sites (N-methyl/N-ethyl adjacent to an activating group) is 1. The molecule has 1 aromatic carbocycles. The fourth-order valence-electron chi connectivity index (χ4n) is 3.06. The molecular formula is C22H37N5O3. The number of benzene rings is 1. The van der Waals surface area contributed by atoms with E-state index in [9.17, 15) is 4.79 Å². The van der Waals surface area contributed by atoms with Gasteiger partial charge in [-0.1, -0.05) is 18.2 Å². The number of hydrogen-bond donors (Lipinski definition) is 1. The first-order valence-corrected chi connectivity index (χ1v) is 10.8. The van der Waals surface area contributed by atoms with Crippen LogP contribution in [0, 0.1) is 0 Å². The number of carbonyl (C=O) groups is 1. The molecule has 1 saturated heterocycles. The molecule has 168 valence electrons. The number of aliphatic imine (C=N–C) groups is 1. The van der Waals surface area contributed by atoms with Crippen molar-refractivity contribution in [3.8, 4) is 5.75 Å². The van der Waals surface area contributed by atoms with Crippen LogP contribution in [0.3, 0.4) is 0 Å². The zero-order valence-corrected chi connectivity index (χ0v) is 18.7. The number of rotatable bonds is 11. The molecule has 1 fully saturated rings. The van der Waals surface area contributed by atoms with Crippen molar-refractivity contribution in [3.05, 3.63) is 30.3 Å². The SMILES string of the molecule is CCOCCCNC(=NCC(=O)N(C)C)N1CCN(CCOc2ccccc2)CC1. The molecule has 0 aromatic heterocycles. The number of amides is 1. The lowest BCUT2D eigenvalue weighted by molar-refractivity contribution is -0.127. The normalized spacial score (nSPS) is 15.2. The van der Waals surface area contributed by atoms with Crippen LogP contribution in [0.1, 0.15) is 13.3 Å². The summed E-state index contributed by atoms with van der Waals surface area (Å²) in [5, 5.41) is 3.40. The molecule has 8 heteroatoms. The largest absolute Gasteiger partial charge is 0.492 e. The van der Waals surface area contributed by atoms with Crippen molar-refractivity contribution in [1.82, 2.24) is 20.0 Å². The van der Waals surface area contributed by atoms with Gasteiger partial charge in [-0.05, 0) is 25.5 Å². The van der Waals surface area contributed by atoms with Gasteiger partial charge in [-0.25, -0.2) is 4.99 Å². The van der Waals surface area contributed by atoms with E-state index in [-0.39, 0.29) is 12.5 Å². The second-order valence-corrected chi connectivity index (χ2v) is 7.40. The summed E-state index contributed by atoms with van der Waals surface area (Å²) in [7, 11) is 3.51. The highest BCUT2D eigenvalue weighted by Gasteiger charge is 2.20. The van der Waals surface area contributed by atoms with Crippen LogP contribution in [0.2, 0.25) is 0 Å². The maximum atomic E-state index is 12.0. The molecule has 0 bridgehead atoms. The number of hydrogen-bond acceptors (Lipinski definition) is 5. The van der Waals surface area contributed by atoms with Crippen molar-refractivity contribution in [3.63, 3.8) is 0 Å². The Kier molecular flexibility index (Phi) is 11.0. The van der Waals surface area contributed by atoms with Crippen LogP contribution in [-0.2, 0) is 9.53 Å². The van der Waals surface area contributed by atoms with Gasteiger partial charge in [0.2, 0.25) is 5.91 Å². The van der Waals surface area contributed by atoms with Gasteiger partial charge in [-0.15, -0.1) is 0 Å². The summed E-state index contributed by atoms with van der Waals surface area (Å²) < 4.78 is 11.2. The Morgan fingerprint density at radius 1 is 1.13 bits per heavy atom. The molecule has 0 unspecified atom stereocenters. The number of nitrogens with zero attached hydrogens (tertiary/aromatic N) is 4. The number of ether oxygens (including phenoxy) is 2. The average molecular weight is 420 g/mol. The maximum absolute atomic E-state index is 12.0. The van der Waals surface area contributed by atoms with Crippen molar-refractivity contribution in [1.29, 1.82) is 0 Å². The second kappa shape index (κ2) is 13.8. The topological polar surface area (TPSA) is 69.6 Å². The van der Waals surface area contributed by atoms with Crippen LogP contribution in [0.25, 0.3) is 0 Å². The minimum atomic E-state index is 0.000290. The van der Waals surface area contributed by atoms with E-state index in [4.69, 9.17) is 9.47 Å². The van der Waals surface area contributed by atoms with E-state index in [2.05, 4.69) is 20.1 Å². The Morgan fingerprint density at radius 2 is 1.87 bits per heavy atom. The van der Waals surface area contributed by atoms with Gasteiger partial charge in [-0.3, -0.25) is 9.69 Å². The van der Waals surface area contributed by atoms with Gasteiger partial charge < -0.3 is 24.6 Å². The lowest BCUT2D eigenvalue weighted by Crippen LogP contribution is -2.53. The third-order valence-electron chi connectivity index (χ3n) is 4.91. The van der Waals surface area contributed by atoms with Crippen molar-refractivity contribution in [2.45, 2.75) is 13.3 Å². The average Bonchev–Trinajstić information content (AvgIpc) is 2.76. The molecule has 8 nitrogen and oxygen atoms in total. The number of piperazine rings is 1. The molecule has 1 heterocycles. The fourth-order valence-corrected chi connectivity index (χ4v) is 3.06. The van der Waals surface area contributed by atoms with Crippen molar-refractivity contribution < 1.29 is 14.3 Å². The molecule has 0 atom stereocenters. The molecule has 1 amide bonds. The summed E-state index contributed by atoms with van der Waals surface area (Å²) in [4.78, 5) is 22.7. The van der Waals surface area contributed by atoms with E-state index in [0.29, 0.717) is 6.61 Å². The zero-order chi connectivity index (χ0) is 21.6. The van der Waals surface area contributed by atoms with Crippen LogP contribution < -0.4 is 10.1 Å². The van der Waals surface area contributed by atoms with E-state index >= 15 is 0 Å². The smallest absolute Gasteiger partial charge is 0.243 e. The van der Waals surface area contributed by atoms with Gasteiger partial charge in [0.25, 0.3) is 0 Å². The minimum Gasteiger partial charge on any atom is -0.492 e. The van der Waals surface area contributed by atoms with Gasteiger partial charge in [-0.2, -0.15) is 0 Å². The molecule has 1 N–H and O–H groups in total. The first kappa shape index (κ1) is 24.0. The zero-order valence-electron chi connectivity index (χ0n) is 18.7. The Bertz CT molecular complexity index is 631. The molecule has 1 aromatic rings. The van der Waals surface area contributed by atoms with Crippen LogP contribution in [-0.4, -0.2) is 106 Å². The van der Waals surface area contributed by atoms with Crippen LogP contribution in [0.5, 0.6) is 5.75 Å². The van der Waals surface area contributed by atoms with Gasteiger partial charge in [0.05, 0.1) is 0 Å². The fraction of sp³-hybridized carbons (Fsp3) is 0.636. The summed E-state index contributed by atoms with van der Waals surface area (Å²) in [6.07, 6.45) is 0.908. The summed E-state index contributed by atoms with van der Waals surface area (Å²) in [5.41, 5.74) is 0.